The molecule has 0 aliphatic rings. The van der Waals surface area contributed by atoms with Crippen LogP contribution in [0.4, 0.5) is 0 Å². The number of aryl methyl sites for hydroxylation is 1. The van der Waals surface area contributed by atoms with Gasteiger partial charge in [-0.15, -0.1) is 0 Å². The highest BCUT2D eigenvalue weighted by Crippen LogP contribution is 2.23. The maximum absolute atomic E-state index is 5.10. The van der Waals surface area contributed by atoms with Crippen molar-refractivity contribution in [3.05, 3.63) is 58.3 Å². The van der Waals surface area contributed by atoms with Gasteiger partial charge in [-0.05, 0) is 46.5 Å². The van der Waals surface area contributed by atoms with Gasteiger partial charge in [0.1, 0.15) is 5.65 Å². The van der Waals surface area contributed by atoms with Crippen LogP contribution in [0.1, 0.15) is 11.1 Å². The van der Waals surface area contributed by atoms with Gasteiger partial charge in [0.15, 0.2) is 0 Å². The Kier molecular flexibility index (Phi) is 4.08. The fourth-order valence-electron chi connectivity index (χ4n) is 2.31. The van der Waals surface area contributed by atoms with Crippen LogP contribution in [0.25, 0.3) is 16.9 Å². The summed E-state index contributed by atoms with van der Waals surface area (Å²) in [5.74, 6) is 0. The molecule has 0 atom stereocenters. The molecule has 0 spiro atoms. The van der Waals surface area contributed by atoms with Gasteiger partial charge in [-0.2, -0.15) is 0 Å². The van der Waals surface area contributed by atoms with Gasteiger partial charge in [-0.1, -0.05) is 24.3 Å². The summed E-state index contributed by atoms with van der Waals surface area (Å²) in [5, 5.41) is 0. The first-order valence-corrected chi connectivity index (χ1v) is 7.70. The monoisotopic (exact) mass is 344 g/mol. The number of pyridine rings is 1. The summed E-state index contributed by atoms with van der Waals surface area (Å²) in [7, 11) is 1.73. The van der Waals surface area contributed by atoms with Gasteiger partial charge in [0.2, 0.25) is 0 Å². The van der Waals surface area contributed by atoms with Gasteiger partial charge in [-0.3, -0.25) is 0 Å². The molecule has 3 rings (SSSR count). The third kappa shape index (κ3) is 3.01. The molecule has 0 bridgehead atoms. The van der Waals surface area contributed by atoms with Crippen LogP contribution < -0.4 is 0 Å². The van der Waals surface area contributed by atoms with Crippen molar-refractivity contribution in [3.63, 3.8) is 0 Å². The molecule has 3 aromatic rings. The zero-order valence-corrected chi connectivity index (χ0v) is 13.7. The first-order chi connectivity index (χ1) is 10.2. The molecular weight excluding hydrogens is 328 g/mol. The van der Waals surface area contributed by atoms with Crippen LogP contribution >= 0.6 is 15.9 Å². The van der Waals surface area contributed by atoms with Crippen molar-refractivity contribution in [3.8, 4) is 11.3 Å². The summed E-state index contributed by atoms with van der Waals surface area (Å²) in [4.78, 5) is 4.69. The van der Waals surface area contributed by atoms with Crippen LogP contribution in [0.3, 0.4) is 0 Å². The van der Waals surface area contributed by atoms with Crippen molar-refractivity contribution in [2.75, 3.05) is 13.7 Å². The third-order valence-electron chi connectivity index (χ3n) is 3.58. The highest BCUT2D eigenvalue weighted by Gasteiger charge is 2.06. The maximum Gasteiger partial charge on any atom is 0.137 e. The number of nitrogens with zero attached hydrogens (tertiary/aromatic N) is 2. The number of hydrogen-bond donors (Lipinski definition) is 0. The van der Waals surface area contributed by atoms with Crippen LogP contribution in [0.5, 0.6) is 0 Å². The Morgan fingerprint density at radius 3 is 2.67 bits per heavy atom. The van der Waals surface area contributed by atoms with Crippen LogP contribution in [0.2, 0.25) is 0 Å². The largest absolute Gasteiger partial charge is 0.384 e. The van der Waals surface area contributed by atoms with Crippen LogP contribution in [-0.4, -0.2) is 23.1 Å². The molecule has 0 saturated carbocycles. The second-order valence-electron chi connectivity index (χ2n) is 5.14. The molecule has 0 aliphatic heterocycles. The van der Waals surface area contributed by atoms with E-state index in [0.717, 1.165) is 34.4 Å². The zero-order valence-electron chi connectivity index (χ0n) is 12.1. The lowest BCUT2D eigenvalue weighted by atomic mass is 10.1. The van der Waals surface area contributed by atoms with Gasteiger partial charge >= 0.3 is 0 Å². The number of hydrogen-bond acceptors (Lipinski definition) is 2. The number of halogens is 1. The minimum Gasteiger partial charge on any atom is -0.384 e. The van der Waals surface area contributed by atoms with Gasteiger partial charge in [-0.25, -0.2) is 4.98 Å². The number of aromatic nitrogens is 2. The van der Waals surface area contributed by atoms with E-state index in [2.05, 4.69) is 59.4 Å². The summed E-state index contributed by atoms with van der Waals surface area (Å²) < 4.78 is 8.24. The second-order valence-corrected chi connectivity index (χ2v) is 5.99. The predicted molar refractivity (Wildman–Crippen MR) is 88.6 cm³/mol. The average molecular weight is 345 g/mol. The molecule has 0 N–H and O–H groups in total. The van der Waals surface area contributed by atoms with Crippen LogP contribution in [0, 0.1) is 6.92 Å². The number of imidazole rings is 1. The van der Waals surface area contributed by atoms with Crippen molar-refractivity contribution < 1.29 is 4.74 Å². The Balaban J connectivity index is 1.92. The quantitative estimate of drug-likeness (QED) is 0.706. The van der Waals surface area contributed by atoms with E-state index < -0.39 is 0 Å². The van der Waals surface area contributed by atoms with E-state index in [9.17, 15) is 0 Å². The van der Waals surface area contributed by atoms with E-state index in [0.29, 0.717) is 0 Å². The average Bonchev–Trinajstić information content (AvgIpc) is 2.89. The van der Waals surface area contributed by atoms with Crippen LogP contribution in [0.15, 0.2) is 47.2 Å². The lowest BCUT2D eigenvalue weighted by Crippen LogP contribution is -1.93. The van der Waals surface area contributed by atoms with Crippen LogP contribution in [-0.2, 0) is 11.2 Å². The molecule has 21 heavy (non-hydrogen) atoms. The molecule has 0 fully saturated rings. The Morgan fingerprint density at radius 2 is 1.95 bits per heavy atom. The lowest BCUT2D eigenvalue weighted by molar-refractivity contribution is 0.202. The Bertz CT molecular complexity index is 723. The topological polar surface area (TPSA) is 26.5 Å². The standard InChI is InChI=1S/C17H17BrN2O/c1-12-9-17-19-16(11-20(17)10-15(12)18)14-5-3-13(4-6-14)7-8-21-2/h3-6,9-11H,7-8H2,1-2H3. The molecule has 3 nitrogen and oxygen atoms in total. The van der Waals surface area contributed by atoms with E-state index in [1.807, 2.05) is 10.6 Å². The van der Waals surface area contributed by atoms with E-state index >= 15 is 0 Å². The van der Waals surface area contributed by atoms with E-state index in [1.54, 1.807) is 7.11 Å². The molecule has 108 valence electrons. The highest BCUT2D eigenvalue weighted by atomic mass is 79.9. The number of methoxy groups -OCH3 is 1. The molecule has 0 amide bonds. The fourth-order valence-corrected chi connectivity index (χ4v) is 2.64. The maximum atomic E-state index is 5.10. The first kappa shape index (κ1) is 14.3. The normalized spacial score (nSPS) is 11.2. The van der Waals surface area contributed by atoms with Gasteiger partial charge in [0, 0.05) is 29.5 Å². The number of fused-ring (bicyclic) bond motifs is 1. The molecule has 2 heterocycles. The molecule has 4 heteroatoms. The number of ether oxygens (including phenoxy) is 1. The van der Waals surface area contributed by atoms with Crippen molar-refractivity contribution in [2.24, 2.45) is 0 Å². The van der Waals surface area contributed by atoms with Crippen molar-refractivity contribution in [1.29, 1.82) is 0 Å². The third-order valence-corrected chi connectivity index (χ3v) is 4.41. The molecule has 0 radical (unpaired) electrons. The minimum absolute atomic E-state index is 0.751. The van der Waals surface area contributed by atoms with Crippen molar-refractivity contribution >= 4 is 21.6 Å². The van der Waals surface area contributed by atoms with Gasteiger partial charge in [0.25, 0.3) is 0 Å². The van der Waals surface area contributed by atoms with Crippen molar-refractivity contribution in [1.82, 2.24) is 9.38 Å². The summed E-state index contributed by atoms with van der Waals surface area (Å²) in [6.45, 7) is 2.82. The predicted octanol–water partition coefficient (Wildman–Crippen LogP) is 4.26. The van der Waals surface area contributed by atoms with E-state index in [4.69, 9.17) is 9.72 Å². The minimum atomic E-state index is 0.751. The molecular formula is C17H17BrN2O. The second kappa shape index (κ2) is 6.00. The summed E-state index contributed by atoms with van der Waals surface area (Å²) in [6, 6.07) is 10.6. The van der Waals surface area contributed by atoms with Gasteiger partial charge < -0.3 is 9.14 Å². The van der Waals surface area contributed by atoms with E-state index in [1.165, 1.54) is 11.1 Å². The SMILES string of the molecule is COCCc1ccc(-c2cn3cc(Br)c(C)cc3n2)cc1. The molecule has 2 aromatic heterocycles. The fraction of sp³-hybridized carbons (Fsp3) is 0.235. The van der Waals surface area contributed by atoms with E-state index in [-0.39, 0.29) is 0 Å². The zero-order chi connectivity index (χ0) is 14.8. The molecule has 0 unspecified atom stereocenters. The molecule has 0 saturated heterocycles. The first-order valence-electron chi connectivity index (χ1n) is 6.90. The highest BCUT2D eigenvalue weighted by molar-refractivity contribution is 9.10. The smallest absolute Gasteiger partial charge is 0.137 e. The Morgan fingerprint density at radius 1 is 1.19 bits per heavy atom. The summed E-state index contributed by atoms with van der Waals surface area (Å²) >= 11 is 3.55. The Labute approximate surface area is 132 Å². The number of benzene rings is 1. The van der Waals surface area contributed by atoms with Crippen molar-refractivity contribution in [2.45, 2.75) is 13.3 Å². The number of rotatable bonds is 4. The Hall–Kier alpha value is -1.65. The lowest BCUT2D eigenvalue weighted by Gasteiger charge is -2.01. The summed E-state index contributed by atoms with van der Waals surface area (Å²) in [6.07, 6.45) is 5.05. The molecule has 1 aromatic carbocycles. The summed E-state index contributed by atoms with van der Waals surface area (Å²) in [5.41, 5.74) is 5.56. The molecule has 0 aliphatic carbocycles. The van der Waals surface area contributed by atoms with Gasteiger partial charge in [0.05, 0.1) is 12.3 Å².